The maximum Gasteiger partial charge on any atom is 0.242 e. The number of para-hydroxylation sites is 1. The van der Waals surface area contributed by atoms with E-state index in [0.717, 1.165) is 12.1 Å². The van der Waals surface area contributed by atoms with Crippen molar-refractivity contribution in [3.63, 3.8) is 0 Å². The highest BCUT2D eigenvalue weighted by atomic mass is 16.5. The van der Waals surface area contributed by atoms with Gasteiger partial charge in [-0.3, -0.25) is 4.79 Å². The summed E-state index contributed by atoms with van der Waals surface area (Å²) in [6, 6.07) is 7.95. The second-order valence-electron chi connectivity index (χ2n) is 5.63. The third-order valence-corrected chi connectivity index (χ3v) is 4.14. The summed E-state index contributed by atoms with van der Waals surface area (Å²) in [5.41, 5.74) is 2.30. The molecule has 0 bridgehead atoms. The van der Waals surface area contributed by atoms with Crippen molar-refractivity contribution in [1.82, 2.24) is 5.32 Å². The summed E-state index contributed by atoms with van der Waals surface area (Å²) in [5, 5.41) is 6.22. The molecule has 1 aliphatic carbocycles. The minimum absolute atomic E-state index is 0.0659. The zero-order valence-electron chi connectivity index (χ0n) is 11.7. The first-order valence-corrected chi connectivity index (χ1v) is 7.57. The molecule has 1 unspecified atom stereocenters. The van der Waals surface area contributed by atoms with E-state index in [4.69, 9.17) is 4.74 Å². The van der Waals surface area contributed by atoms with E-state index in [0.29, 0.717) is 19.3 Å². The molecule has 0 saturated heterocycles. The predicted molar refractivity (Wildman–Crippen MR) is 78.8 cm³/mol. The number of benzene rings is 1. The molecule has 0 spiro atoms. The molecule has 4 nitrogen and oxygen atoms in total. The Morgan fingerprint density at radius 1 is 1.30 bits per heavy atom. The van der Waals surface area contributed by atoms with Crippen molar-refractivity contribution in [3.8, 4) is 0 Å². The van der Waals surface area contributed by atoms with Gasteiger partial charge in [-0.15, -0.1) is 0 Å². The van der Waals surface area contributed by atoms with Gasteiger partial charge in [0.25, 0.3) is 0 Å². The molecule has 1 aromatic carbocycles. The molecule has 0 aromatic heterocycles. The molecule has 3 rings (SSSR count). The lowest BCUT2D eigenvalue weighted by atomic mass is 10.1. The molecule has 1 heterocycles. The van der Waals surface area contributed by atoms with Gasteiger partial charge in [-0.1, -0.05) is 31.0 Å². The molecule has 1 fully saturated rings. The Morgan fingerprint density at radius 2 is 2.10 bits per heavy atom. The first-order chi connectivity index (χ1) is 9.83. The van der Waals surface area contributed by atoms with E-state index in [1.54, 1.807) is 0 Å². The van der Waals surface area contributed by atoms with Crippen molar-refractivity contribution >= 4 is 11.6 Å². The minimum Gasteiger partial charge on any atom is -0.376 e. The Bertz CT molecular complexity index is 444. The third kappa shape index (κ3) is 3.12. The third-order valence-electron chi connectivity index (χ3n) is 4.14. The van der Waals surface area contributed by atoms with Gasteiger partial charge in [-0.25, -0.2) is 0 Å². The summed E-state index contributed by atoms with van der Waals surface area (Å²) in [7, 11) is 0. The molecule has 108 valence electrons. The van der Waals surface area contributed by atoms with Crippen molar-refractivity contribution in [2.75, 3.05) is 18.5 Å². The maximum absolute atomic E-state index is 12.1. The average Bonchev–Trinajstić information content (AvgIpc) is 3.12. The summed E-state index contributed by atoms with van der Waals surface area (Å²) < 4.78 is 5.74. The number of amides is 1. The quantitative estimate of drug-likeness (QED) is 0.808. The zero-order valence-corrected chi connectivity index (χ0v) is 11.7. The second-order valence-corrected chi connectivity index (χ2v) is 5.63. The predicted octanol–water partition coefficient (Wildman–Crippen LogP) is 2.10. The standard InChI is InChI=1S/C16H22N2O2/c19-16(17-9-10-20-13-6-2-3-7-13)15-11-12-5-1-4-8-14(12)18-15/h1,4-5,8,13,15,18H,2-3,6-7,9-11H2,(H,17,19). The van der Waals surface area contributed by atoms with E-state index in [1.165, 1.54) is 31.2 Å². The highest BCUT2D eigenvalue weighted by Crippen LogP contribution is 2.25. The van der Waals surface area contributed by atoms with E-state index in [9.17, 15) is 4.79 Å². The highest BCUT2D eigenvalue weighted by molar-refractivity contribution is 5.87. The smallest absolute Gasteiger partial charge is 0.242 e. The molecule has 1 aliphatic heterocycles. The molecule has 20 heavy (non-hydrogen) atoms. The van der Waals surface area contributed by atoms with Crippen molar-refractivity contribution in [2.45, 2.75) is 44.2 Å². The monoisotopic (exact) mass is 274 g/mol. The Kier molecular flexibility index (Phi) is 4.21. The summed E-state index contributed by atoms with van der Waals surface area (Å²) >= 11 is 0. The largest absolute Gasteiger partial charge is 0.376 e. The molecule has 1 amide bonds. The normalized spacial score (nSPS) is 21.5. The number of fused-ring (bicyclic) bond motifs is 1. The van der Waals surface area contributed by atoms with Gasteiger partial charge in [-0.2, -0.15) is 0 Å². The summed E-state index contributed by atoms with van der Waals surface area (Å²) in [6.07, 6.45) is 6.09. The van der Waals surface area contributed by atoms with Crippen LogP contribution in [-0.2, 0) is 16.0 Å². The van der Waals surface area contributed by atoms with Gasteiger partial charge in [0.1, 0.15) is 6.04 Å². The number of carbonyl (C=O) groups excluding carboxylic acids is 1. The molecule has 4 heteroatoms. The Hall–Kier alpha value is -1.55. The van der Waals surface area contributed by atoms with Gasteiger partial charge in [0, 0.05) is 18.7 Å². The van der Waals surface area contributed by atoms with E-state index < -0.39 is 0 Å². The van der Waals surface area contributed by atoms with Crippen LogP contribution in [0.25, 0.3) is 0 Å². The second kappa shape index (κ2) is 6.27. The van der Waals surface area contributed by atoms with Crippen molar-refractivity contribution in [3.05, 3.63) is 29.8 Å². The lowest BCUT2D eigenvalue weighted by molar-refractivity contribution is -0.122. The van der Waals surface area contributed by atoms with Crippen LogP contribution >= 0.6 is 0 Å². The lowest BCUT2D eigenvalue weighted by Gasteiger charge is -2.14. The van der Waals surface area contributed by atoms with E-state index in [2.05, 4.69) is 16.7 Å². The van der Waals surface area contributed by atoms with Crippen molar-refractivity contribution < 1.29 is 9.53 Å². The molecule has 1 atom stereocenters. The van der Waals surface area contributed by atoms with E-state index in [-0.39, 0.29) is 11.9 Å². The lowest BCUT2D eigenvalue weighted by Crippen LogP contribution is -2.40. The van der Waals surface area contributed by atoms with Crippen LogP contribution in [0.5, 0.6) is 0 Å². The molecule has 2 N–H and O–H groups in total. The molecular formula is C16H22N2O2. The number of ether oxygens (including phenoxy) is 1. The van der Waals surface area contributed by atoms with Crippen LogP contribution in [0.4, 0.5) is 5.69 Å². The SMILES string of the molecule is O=C(NCCOC1CCCC1)C1Cc2ccccc2N1. The first kappa shape index (κ1) is 13.4. The van der Waals surface area contributed by atoms with Gasteiger partial charge < -0.3 is 15.4 Å². The van der Waals surface area contributed by atoms with Gasteiger partial charge in [0.05, 0.1) is 12.7 Å². The molecule has 1 aromatic rings. The Labute approximate surface area is 119 Å². The van der Waals surface area contributed by atoms with Crippen molar-refractivity contribution in [2.24, 2.45) is 0 Å². The van der Waals surface area contributed by atoms with Crippen LogP contribution in [0.2, 0.25) is 0 Å². The number of rotatable bonds is 5. The average molecular weight is 274 g/mol. The molecule has 1 saturated carbocycles. The van der Waals surface area contributed by atoms with Crippen molar-refractivity contribution in [1.29, 1.82) is 0 Å². The summed E-state index contributed by atoms with van der Waals surface area (Å²) in [5.74, 6) is 0.0659. The van der Waals surface area contributed by atoms with Crippen LogP contribution in [0.1, 0.15) is 31.2 Å². The molecule has 0 radical (unpaired) electrons. The fraction of sp³-hybridized carbons (Fsp3) is 0.562. The Morgan fingerprint density at radius 3 is 2.90 bits per heavy atom. The Balaban J connectivity index is 1.38. The highest BCUT2D eigenvalue weighted by Gasteiger charge is 2.25. The minimum atomic E-state index is -0.140. The van der Waals surface area contributed by atoms with Gasteiger partial charge >= 0.3 is 0 Å². The summed E-state index contributed by atoms with van der Waals surface area (Å²) in [6.45, 7) is 1.22. The first-order valence-electron chi connectivity index (χ1n) is 7.57. The zero-order chi connectivity index (χ0) is 13.8. The number of hydrogen-bond acceptors (Lipinski definition) is 3. The summed E-state index contributed by atoms with van der Waals surface area (Å²) in [4.78, 5) is 12.1. The van der Waals surface area contributed by atoms with E-state index in [1.807, 2.05) is 18.2 Å². The van der Waals surface area contributed by atoms with Gasteiger partial charge in [0.15, 0.2) is 0 Å². The number of anilines is 1. The molecular weight excluding hydrogens is 252 g/mol. The number of nitrogens with one attached hydrogen (secondary N) is 2. The fourth-order valence-corrected chi connectivity index (χ4v) is 3.03. The van der Waals surface area contributed by atoms with Crippen LogP contribution in [0.15, 0.2) is 24.3 Å². The van der Waals surface area contributed by atoms with Crippen LogP contribution in [0.3, 0.4) is 0 Å². The molecule has 2 aliphatic rings. The van der Waals surface area contributed by atoms with Gasteiger partial charge in [-0.05, 0) is 24.5 Å². The van der Waals surface area contributed by atoms with E-state index >= 15 is 0 Å². The van der Waals surface area contributed by atoms with Crippen LogP contribution in [-0.4, -0.2) is 31.2 Å². The maximum atomic E-state index is 12.1. The van der Waals surface area contributed by atoms with Crippen LogP contribution < -0.4 is 10.6 Å². The van der Waals surface area contributed by atoms with Gasteiger partial charge in [0.2, 0.25) is 5.91 Å². The number of hydrogen-bond donors (Lipinski definition) is 2. The van der Waals surface area contributed by atoms with Crippen LogP contribution in [0, 0.1) is 0 Å². The number of carbonyl (C=O) groups is 1. The topological polar surface area (TPSA) is 50.4 Å². The fourth-order valence-electron chi connectivity index (χ4n) is 3.03.